The van der Waals surface area contributed by atoms with Crippen molar-refractivity contribution >= 4 is 15.9 Å². The SMILES string of the molecule is Cc1ccc(S(=O)(=O)N[C@H](Cc2ccccc2)C(=O)NCc2ccccc2-c2ccc([C@H]3O[C@@H](CN4CCC[C@H]4CN4CCCC4)C[C@@H](c4ccc(CO)cc4)O3)cc2)cc1. The minimum Gasteiger partial charge on any atom is -0.392 e. The molecular weight excluding hydrogens is 785 g/mol. The first-order valence-corrected chi connectivity index (χ1v) is 23.2. The second-order valence-corrected chi connectivity index (χ2v) is 18.5. The van der Waals surface area contributed by atoms with Gasteiger partial charge in [-0.15, -0.1) is 0 Å². The molecule has 320 valence electrons. The summed E-state index contributed by atoms with van der Waals surface area (Å²) in [6.45, 7) is 7.59. The number of hydrogen-bond donors (Lipinski definition) is 3. The number of aliphatic hydroxyl groups is 1. The van der Waals surface area contributed by atoms with Crippen LogP contribution in [0, 0.1) is 6.92 Å². The number of benzene rings is 5. The first-order valence-electron chi connectivity index (χ1n) is 21.8. The molecular formula is C50H58N4O6S. The zero-order valence-electron chi connectivity index (χ0n) is 35.0. The number of aryl methyl sites for hydroxylation is 1. The van der Waals surface area contributed by atoms with Crippen molar-refractivity contribution in [3.05, 3.63) is 161 Å². The number of nitrogens with zero attached hydrogens (tertiary/aromatic N) is 2. The van der Waals surface area contributed by atoms with Crippen LogP contribution in [0.4, 0.5) is 0 Å². The van der Waals surface area contributed by atoms with Crippen molar-refractivity contribution in [2.75, 3.05) is 32.7 Å². The van der Waals surface area contributed by atoms with E-state index in [0.717, 1.165) is 70.6 Å². The van der Waals surface area contributed by atoms with Gasteiger partial charge < -0.3 is 24.8 Å². The van der Waals surface area contributed by atoms with Crippen LogP contribution in [0.1, 0.15) is 77.9 Å². The summed E-state index contributed by atoms with van der Waals surface area (Å²) in [6, 6.07) is 39.7. The van der Waals surface area contributed by atoms with Crippen LogP contribution < -0.4 is 10.0 Å². The van der Waals surface area contributed by atoms with Crippen molar-refractivity contribution in [1.29, 1.82) is 0 Å². The highest BCUT2D eigenvalue weighted by Gasteiger charge is 2.36. The number of aliphatic hydroxyl groups excluding tert-OH is 1. The van der Waals surface area contributed by atoms with Gasteiger partial charge in [-0.25, -0.2) is 8.42 Å². The summed E-state index contributed by atoms with van der Waals surface area (Å²) in [7, 11) is -3.97. The van der Waals surface area contributed by atoms with E-state index in [1.165, 1.54) is 38.8 Å². The number of carbonyl (C=O) groups is 1. The second-order valence-electron chi connectivity index (χ2n) is 16.8. The zero-order chi connectivity index (χ0) is 42.2. The van der Waals surface area contributed by atoms with E-state index < -0.39 is 28.3 Å². The van der Waals surface area contributed by atoms with Crippen molar-refractivity contribution in [2.24, 2.45) is 0 Å². The molecule has 0 spiro atoms. The maximum absolute atomic E-state index is 13.9. The molecule has 3 heterocycles. The Bertz CT molecular complexity index is 2300. The third kappa shape index (κ3) is 11.0. The highest BCUT2D eigenvalue weighted by Crippen LogP contribution is 2.39. The van der Waals surface area contributed by atoms with Crippen LogP contribution in [-0.2, 0) is 43.9 Å². The highest BCUT2D eigenvalue weighted by molar-refractivity contribution is 7.89. The van der Waals surface area contributed by atoms with Gasteiger partial charge in [0, 0.05) is 37.7 Å². The van der Waals surface area contributed by atoms with E-state index in [2.05, 4.69) is 56.2 Å². The first-order chi connectivity index (χ1) is 29.7. The Morgan fingerprint density at radius 2 is 1.48 bits per heavy atom. The van der Waals surface area contributed by atoms with Crippen molar-refractivity contribution < 1.29 is 27.8 Å². The van der Waals surface area contributed by atoms with Crippen molar-refractivity contribution in [3.8, 4) is 11.1 Å². The number of hydrogen-bond acceptors (Lipinski definition) is 8. The summed E-state index contributed by atoms with van der Waals surface area (Å²) < 4.78 is 43.1. The molecule has 0 bridgehead atoms. The third-order valence-corrected chi connectivity index (χ3v) is 13.9. The molecule has 61 heavy (non-hydrogen) atoms. The number of nitrogens with one attached hydrogen (secondary N) is 2. The Balaban J connectivity index is 0.972. The molecule has 0 aliphatic carbocycles. The molecule has 0 aromatic heterocycles. The van der Waals surface area contributed by atoms with Gasteiger partial charge in [0.1, 0.15) is 6.04 Å². The molecule has 3 aliphatic heterocycles. The van der Waals surface area contributed by atoms with Gasteiger partial charge in [0.15, 0.2) is 6.29 Å². The van der Waals surface area contributed by atoms with Gasteiger partial charge in [-0.05, 0) is 104 Å². The van der Waals surface area contributed by atoms with E-state index in [1.807, 2.05) is 73.7 Å². The topological polar surface area (TPSA) is 120 Å². The summed E-state index contributed by atoms with van der Waals surface area (Å²) in [5, 5.41) is 12.7. The van der Waals surface area contributed by atoms with Gasteiger partial charge in [0.2, 0.25) is 15.9 Å². The predicted molar refractivity (Wildman–Crippen MR) is 238 cm³/mol. The lowest BCUT2D eigenvalue weighted by atomic mass is 9.97. The fraction of sp³-hybridized carbons (Fsp3) is 0.380. The van der Waals surface area contributed by atoms with Gasteiger partial charge in [-0.1, -0.05) is 121 Å². The molecule has 5 atom stereocenters. The first kappa shape index (κ1) is 42.9. The number of carbonyl (C=O) groups excluding carboxylic acids is 1. The third-order valence-electron chi connectivity index (χ3n) is 12.4. The molecule has 0 saturated carbocycles. The molecule has 8 rings (SSSR count). The molecule has 3 fully saturated rings. The Kier molecular flexibility index (Phi) is 14.1. The molecule has 11 heteroatoms. The minimum absolute atomic E-state index is 0.000222. The Morgan fingerprint density at radius 3 is 2.21 bits per heavy atom. The van der Waals surface area contributed by atoms with Crippen molar-refractivity contribution in [1.82, 2.24) is 19.8 Å². The normalized spacial score (nSPS) is 21.7. The quantitative estimate of drug-likeness (QED) is 0.0937. The van der Waals surface area contributed by atoms with Crippen LogP contribution in [-0.4, -0.2) is 80.1 Å². The summed E-state index contributed by atoms with van der Waals surface area (Å²) >= 11 is 0. The Hall–Kier alpha value is -4.72. The highest BCUT2D eigenvalue weighted by atomic mass is 32.2. The fourth-order valence-corrected chi connectivity index (χ4v) is 10.2. The Morgan fingerprint density at radius 1 is 0.770 bits per heavy atom. The monoisotopic (exact) mass is 842 g/mol. The van der Waals surface area contributed by atoms with Crippen LogP contribution in [0.2, 0.25) is 0 Å². The molecule has 5 aromatic rings. The molecule has 3 N–H and O–H groups in total. The average Bonchev–Trinajstić information content (AvgIpc) is 3.98. The standard InChI is InChI=1S/C50H58N4O6S/c1-36-15-25-45(26-16-36)61(57,58)52-47(30-37-10-3-2-4-11-37)49(56)51-32-42-12-5-6-14-46(42)39-21-23-41(24-22-39)50-59-44(31-48(60-50)40-19-17-38(35-55)18-20-40)34-54-29-9-13-43(54)33-53-27-7-8-28-53/h2-6,10-12,14-26,43-44,47-48,50,52,55H,7-9,13,27-35H2,1H3,(H,51,56)/t43-,44+,47+,48-,50-/m0/s1. The summed E-state index contributed by atoms with van der Waals surface area (Å²) in [5.74, 6) is -0.414. The van der Waals surface area contributed by atoms with Crippen LogP contribution >= 0.6 is 0 Å². The largest absolute Gasteiger partial charge is 0.392 e. The van der Waals surface area contributed by atoms with Gasteiger partial charge >= 0.3 is 0 Å². The number of sulfonamides is 1. The van der Waals surface area contributed by atoms with E-state index in [1.54, 1.807) is 24.3 Å². The lowest BCUT2D eigenvalue weighted by Crippen LogP contribution is -2.47. The van der Waals surface area contributed by atoms with Gasteiger partial charge in [0.25, 0.3) is 0 Å². The number of rotatable bonds is 16. The maximum atomic E-state index is 13.9. The van der Waals surface area contributed by atoms with E-state index in [-0.39, 0.29) is 36.7 Å². The van der Waals surface area contributed by atoms with E-state index in [4.69, 9.17) is 9.47 Å². The summed E-state index contributed by atoms with van der Waals surface area (Å²) in [6.07, 6.45) is 5.24. The van der Waals surface area contributed by atoms with Gasteiger partial charge in [-0.2, -0.15) is 4.72 Å². The molecule has 3 aliphatic rings. The molecule has 10 nitrogen and oxygen atoms in total. The average molecular weight is 843 g/mol. The van der Waals surface area contributed by atoms with Crippen LogP contribution in [0.5, 0.6) is 0 Å². The van der Waals surface area contributed by atoms with Gasteiger partial charge in [0.05, 0.1) is 23.7 Å². The summed E-state index contributed by atoms with van der Waals surface area (Å²) in [5.41, 5.74) is 7.49. The fourth-order valence-electron chi connectivity index (χ4n) is 8.99. The molecule has 0 radical (unpaired) electrons. The molecule has 5 aromatic carbocycles. The lowest BCUT2D eigenvalue weighted by Gasteiger charge is -2.39. The zero-order valence-corrected chi connectivity index (χ0v) is 35.8. The maximum Gasteiger partial charge on any atom is 0.241 e. The number of ether oxygens (including phenoxy) is 2. The van der Waals surface area contributed by atoms with Gasteiger partial charge in [-0.3, -0.25) is 9.69 Å². The van der Waals surface area contributed by atoms with Crippen LogP contribution in [0.25, 0.3) is 11.1 Å². The number of likely N-dealkylation sites (tertiary alicyclic amines) is 2. The van der Waals surface area contributed by atoms with Crippen molar-refractivity contribution in [3.63, 3.8) is 0 Å². The molecule has 1 amide bonds. The number of amides is 1. The summed E-state index contributed by atoms with van der Waals surface area (Å²) in [4.78, 5) is 19.2. The second kappa shape index (κ2) is 20.0. The van der Waals surface area contributed by atoms with E-state index in [0.29, 0.717) is 6.04 Å². The Labute approximate surface area is 361 Å². The van der Waals surface area contributed by atoms with Crippen molar-refractivity contribution in [2.45, 2.75) is 94.1 Å². The van der Waals surface area contributed by atoms with Crippen LogP contribution in [0.3, 0.4) is 0 Å². The predicted octanol–water partition coefficient (Wildman–Crippen LogP) is 7.47. The smallest absolute Gasteiger partial charge is 0.241 e. The molecule has 3 saturated heterocycles. The van der Waals surface area contributed by atoms with Crippen LogP contribution in [0.15, 0.2) is 132 Å². The minimum atomic E-state index is -3.97. The van der Waals surface area contributed by atoms with E-state index >= 15 is 0 Å². The lowest BCUT2D eigenvalue weighted by molar-refractivity contribution is -0.253. The van der Waals surface area contributed by atoms with E-state index in [9.17, 15) is 18.3 Å². The molecule has 0 unspecified atom stereocenters.